The number of hydrogen-bond donors (Lipinski definition) is 1. The van der Waals surface area contributed by atoms with Gasteiger partial charge in [-0.1, -0.05) is 24.3 Å². The molecule has 130 valence electrons. The normalized spacial score (nSPS) is 18.2. The van der Waals surface area contributed by atoms with E-state index in [0.29, 0.717) is 32.7 Å². The van der Waals surface area contributed by atoms with Crippen LogP contribution in [0.3, 0.4) is 0 Å². The van der Waals surface area contributed by atoms with E-state index < -0.39 is 20.0 Å². The van der Waals surface area contributed by atoms with Crippen LogP contribution < -0.4 is 5.14 Å². The Morgan fingerprint density at radius 1 is 1.04 bits per heavy atom. The molecule has 0 amide bonds. The molecule has 0 atom stereocenters. The second-order valence-corrected chi connectivity index (χ2v) is 9.49. The van der Waals surface area contributed by atoms with Crippen molar-refractivity contribution in [2.24, 2.45) is 5.14 Å². The summed E-state index contributed by atoms with van der Waals surface area (Å²) in [5.74, 6) is -0.111. The Morgan fingerprint density at radius 3 is 2.22 bits per heavy atom. The van der Waals surface area contributed by atoms with E-state index in [-0.39, 0.29) is 11.5 Å². The van der Waals surface area contributed by atoms with Gasteiger partial charge in [0.15, 0.2) is 0 Å². The summed E-state index contributed by atoms with van der Waals surface area (Å²) < 4.78 is 48.5. The first kappa shape index (κ1) is 18.3. The third kappa shape index (κ3) is 5.54. The van der Waals surface area contributed by atoms with E-state index in [0.717, 1.165) is 11.1 Å². The monoisotopic (exact) mass is 361 g/mol. The summed E-state index contributed by atoms with van der Waals surface area (Å²) in [5.41, 5.74) is 1.77. The van der Waals surface area contributed by atoms with Gasteiger partial charge >= 0.3 is 0 Å². The molecule has 1 aliphatic heterocycles. The number of primary sulfonamides is 1. The first-order valence-electron chi connectivity index (χ1n) is 7.42. The third-order valence-corrected chi connectivity index (χ3v) is 6.60. The molecule has 0 aromatic heterocycles. The molecule has 1 saturated heterocycles. The predicted molar refractivity (Wildman–Crippen MR) is 89.8 cm³/mol. The molecule has 0 saturated carbocycles. The fourth-order valence-corrected chi connectivity index (χ4v) is 4.68. The van der Waals surface area contributed by atoms with Gasteiger partial charge in [-0.3, -0.25) is 4.90 Å². The SMILES string of the molecule is Cc1ccccc1CS(=O)(=O)N1CCN(CCS(N)(=O)=O)CC1. The van der Waals surface area contributed by atoms with Crippen LogP contribution in [-0.4, -0.2) is 64.5 Å². The molecule has 9 heteroatoms. The maximum absolute atomic E-state index is 12.5. The molecular weight excluding hydrogens is 338 g/mol. The van der Waals surface area contributed by atoms with Crippen LogP contribution in [0.15, 0.2) is 24.3 Å². The Bertz CT molecular complexity index is 739. The van der Waals surface area contributed by atoms with Crippen LogP contribution in [0, 0.1) is 6.92 Å². The molecule has 2 N–H and O–H groups in total. The van der Waals surface area contributed by atoms with Crippen molar-refractivity contribution in [3.63, 3.8) is 0 Å². The van der Waals surface area contributed by atoms with Crippen molar-refractivity contribution in [3.8, 4) is 0 Å². The fourth-order valence-electron chi connectivity index (χ4n) is 2.55. The predicted octanol–water partition coefficient (Wildman–Crippen LogP) is -0.269. The van der Waals surface area contributed by atoms with E-state index >= 15 is 0 Å². The largest absolute Gasteiger partial charge is 0.300 e. The molecule has 0 aliphatic carbocycles. The Hall–Kier alpha value is -1.00. The molecule has 0 spiro atoms. The van der Waals surface area contributed by atoms with Gasteiger partial charge in [-0.05, 0) is 18.1 Å². The van der Waals surface area contributed by atoms with E-state index in [4.69, 9.17) is 5.14 Å². The average Bonchev–Trinajstić information content (AvgIpc) is 2.47. The van der Waals surface area contributed by atoms with Crippen molar-refractivity contribution in [2.75, 3.05) is 38.5 Å². The minimum absolute atomic E-state index is 0.00312. The lowest BCUT2D eigenvalue weighted by atomic mass is 10.1. The first-order chi connectivity index (χ1) is 10.7. The highest BCUT2D eigenvalue weighted by Crippen LogP contribution is 2.16. The van der Waals surface area contributed by atoms with Crippen LogP contribution in [0.5, 0.6) is 0 Å². The number of nitrogens with zero attached hydrogens (tertiary/aromatic N) is 2. The summed E-state index contributed by atoms with van der Waals surface area (Å²) in [7, 11) is -6.85. The number of piperazine rings is 1. The van der Waals surface area contributed by atoms with Gasteiger partial charge < -0.3 is 0 Å². The molecular formula is C14H23N3O4S2. The van der Waals surface area contributed by atoms with Crippen LogP contribution in [0.4, 0.5) is 0 Å². The highest BCUT2D eigenvalue weighted by molar-refractivity contribution is 7.89. The standard InChI is InChI=1S/C14H23N3O4S2/c1-13-4-2-3-5-14(13)12-23(20,21)17-8-6-16(7-9-17)10-11-22(15,18)19/h2-5H,6-12H2,1H3,(H2,15,18,19). The zero-order valence-electron chi connectivity index (χ0n) is 13.2. The summed E-state index contributed by atoms with van der Waals surface area (Å²) in [6.07, 6.45) is 0. The molecule has 1 aromatic rings. The average molecular weight is 361 g/mol. The van der Waals surface area contributed by atoms with Crippen molar-refractivity contribution < 1.29 is 16.8 Å². The Morgan fingerprint density at radius 2 is 1.65 bits per heavy atom. The summed E-state index contributed by atoms with van der Waals surface area (Å²) in [6, 6.07) is 7.45. The van der Waals surface area contributed by atoms with Gasteiger partial charge in [0.2, 0.25) is 20.0 Å². The van der Waals surface area contributed by atoms with Crippen LogP contribution >= 0.6 is 0 Å². The minimum atomic E-state index is -3.48. The van der Waals surface area contributed by atoms with Crippen molar-refractivity contribution in [2.45, 2.75) is 12.7 Å². The second-order valence-electron chi connectivity index (χ2n) is 5.79. The van der Waals surface area contributed by atoms with Gasteiger partial charge in [-0.15, -0.1) is 0 Å². The lowest BCUT2D eigenvalue weighted by molar-refractivity contribution is 0.197. The molecule has 2 rings (SSSR count). The molecule has 0 radical (unpaired) electrons. The van der Waals surface area contributed by atoms with E-state index in [9.17, 15) is 16.8 Å². The molecule has 1 aliphatic rings. The van der Waals surface area contributed by atoms with Crippen molar-refractivity contribution in [1.82, 2.24) is 9.21 Å². The van der Waals surface area contributed by atoms with Gasteiger partial charge in [0.05, 0.1) is 11.5 Å². The number of rotatable bonds is 6. The highest BCUT2D eigenvalue weighted by Gasteiger charge is 2.27. The molecule has 0 unspecified atom stereocenters. The Kier molecular flexibility index (Phi) is 5.79. The van der Waals surface area contributed by atoms with E-state index in [1.807, 2.05) is 36.1 Å². The summed E-state index contributed by atoms with van der Waals surface area (Å²) in [4.78, 5) is 1.92. The minimum Gasteiger partial charge on any atom is -0.300 e. The number of sulfonamides is 2. The first-order valence-corrected chi connectivity index (χ1v) is 10.7. The molecule has 1 heterocycles. The van der Waals surface area contributed by atoms with Crippen molar-refractivity contribution >= 4 is 20.0 Å². The third-order valence-electron chi connectivity index (χ3n) is 4.02. The topological polar surface area (TPSA) is 101 Å². The molecule has 7 nitrogen and oxygen atoms in total. The Balaban J connectivity index is 1.92. The maximum Gasteiger partial charge on any atom is 0.218 e. The molecule has 1 aromatic carbocycles. The quantitative estimate of drug-likeness (QED) is 0.752. The molecule has 1 fully saturated rings. The van der Waals surface area contributed by atoms with Gasteiger partial charge in [-0.25, -0.2) is 22.0 Å². The Labute approximate surface area is 138 Å². The van der Waals surface area contributed by atoms with Crippen LogP contribution in [0.25, 0.3) is 0 Å². The van der Waals surface area contributed by atoms with Gasteiger partial charge in [-0.2, -0.15) is 4.31 Å². The smallest absolute Gasteiger partial charge is 0.218 e. The lowest BCUT2D eigenvalue weighted by Gasteiger charge is -2.33. The van der Waals surface area contributed by atoms with Crippen LogP contribution in [0.1, 0.15) is 11.1 Å². The number of hydrogen-bond acceptors (Lipinski definition) is 5. The number of benzene rings is 1. The fraction of sp³-hybridized carbons (Fsp3) is 0.571. The summed E-state index contributed by atoms with van der Waals surface area (Å²) >= 11 is 0. The van der Waals surface area contributed by atoms with E-state index in [1.165, 1.54) is 4.31 Å². The molecule has 23 heavy (non-hydrogen) atoms. The van der Waals surface area contributed by atoms with E-state index in [2.05, 4.69) is 0 Å². The lowest BCUT2D eigenvalue weighted by Crippen LogP contribution is -2.50. The molecule has 0 bridgehead atoms. The van der Waals surface area contributed by atoms with Crippen molar-refractivity contribution in [1.29, 1.82) is 0 Å². The van der Waals surface area contributed by atoms with Crippen LogP contribution in [-0.2, 0) is 25.8 Å². The zero-order chi connectivity index (χ0) is 17.1. The van der Waals surface area contributed by atoms with Gasteiger partial charge in [0.25, 0.3) is 0 Å². The second kappa shape index (κ2) is 7.27. The van der Waals surface area contributed by atoms with Crippen molar-refractivity contribution in [3.05, 3.63) is 35.4 Å². The number of aryl methyl sites for hydroxylation is 1. The van der Waals surface area contributed by atoms with Gasteiger partial charge in [0, 0.05) is 32.7 Å². The van der Waals surface area contributed by atoms with Gasteiger partial charge in [0.1, 0.15) is 0 Å². The summed E-state index contributed by atoms with van der Waals surface area (Å²) in [6.45, 7) is 4.02. The highest BCUT2D eigenvalue weighted by atomic mass is 32.2. The zero-order valence-corrected chi connectivity index (χ0v) is 14.8. The summed E-state index contributed by atoms with van der Waals surface area (Å²) in [5, 5.41) is 4.99. The van der Waals surface area contributed by atoms with E-state index in [1.54, 1.807) is 0 Å². The van der Waals surface area contributed by atoms with Crippen LogP contribution in [0.2, 0.25) is 0 Å². The number of nitrogens with two attached hydrogens (primary N) is 1. The maximum atomic E-state index is 12.5.